The fraction of sp³-hybridized carbons (Fsp3) is 0.478. The molecular weight excluding hydrogens is 423 g/mol. The van der Waals surface area contributed by atoms with Crippen molar-refractivity contribution in [1.29, 1.82) is 0 Å². The van der Waals surface area contributed by atoms with Gasteiger partial charge in [0.05, 0.1) is 0 Å². The SMILES string of the molecule is O=C(c1ccc(OC(F)(F)F)cc1)N1CCC(N2CCC(Oc3ccncc3)CC2)CC1. The Labute approximate surface area is 184 Å². The molecule has 0 N–H and O–H groups in total. The Morgan fingerprint density at radius 3 is 2.09 bits per heavy atom. The van der Waals surface area contributed by atoms with Gasteiger partial charge in [-0.15, -0.1) is 13.2 Å². The van der Waals surface area contributed by atoms with Gasteiger partial charge in [-0.05, 0) is 62.1 Å². The summed E-state index contributed by atoms with van der Waals surface area (Å²) in [6.07, 6.45) is 2.62. The van der Waals surface area contributed by atoms with Crippen LogP contribution in [0.1, 0.15) is 36.0 Å². The van der Waals surface area contributed by atoms with Gasteiger partial charge < -0.3 is 14.4 Å². The number of aromatic nitrogens is 1. The lowest BCUT2D eigenvalue weighted by Crippen LogP contribution is -2.50. The summed E-state index contributed by atoms with van der Waals surface area (Å²) in [6.45, 7) is 3.21. The summed E-state index contributed by atoms with van der Waals surface area (Å²) in [6, 6.07) is 9.28. The van der Waals surface area contributed by atoms with Gasteiger partial charge in [0.25, 0.3) is 5.91 Å². The van der Waals surface area contributed by atoms with Crippen molar-refractivity contribution in [1.82, 2.24) is 14.8 Å². The van der Waals surface area contributed by atoms with Crippen LogP contribution < -0.4 is 9.47 Å². The van der Waals surface area contributed by atoms with E-state index in [2.05, 4.69) is 14.6 Å². The number of amides is 1. The minimum atomic E-state index is -4.74. The molecular formula is C23H26F3N3O3. The molecule has 1 aromatic carbocycles. The zero-order chi connectivity index (χ0) is 22.6. The number of alkyl halides is 3. The van der Waals surface area contributed by atoms with Gasteiger partial charge in [-0.3, -0.25) is 14.7 Å². The average molecular weight is 449 g/mol. The minimum Gasteiger partial charge on any atom is -0.490 e. The maximum absolute atomic E-state index is 12.7. The molecule has 3 heterocycles. The van der Waals surface area contributed by atoms with Crippen LogP contribution in [-0.2, 0) is 0 Å². The third-order valence-electron chi connectivity index (χ3n) is 6.03. The summed E-state index contributed by atoms with van der Waals surface area (Å²) in [5.74, 6) is 0.360. The van der Waals surface area contributed by atoms with Crippen LogP contribution >= 0.6 is 0 Å². The van der Waals surface area contributed by atoms with Gasteiger partial charge in [-0.25, -0.2) is 0 Å². The van der Waals surface area contributed by atoms with Gasteiger partial charge in [-0.1, -0.05) is 0 Å². The first kappa shape index (κ1) is 22.4. The first-order chi connectivity index (χ1) is 15.4. The summed E-state index contributed by atoms with van der Waals surface area (Å²) >= 11 is 0. The molecule has 0 atom stereocenters. The van der Waals surface area contributed by atoms with E-state index >= 15 is 0 Å². The number of nitrogens with zero attached hydrogens (tertiary/aromatic N) is 3. The Balaban J connectivity index is 1.22. The Hall–Kier alpha value is -2.81. The van der Waals surface area contributed by atoms with Crippen molar-refractivity contribution in [3.63, 3.8) is 0 Å². The molecule has 0 aliphatic carbocycles. The number of carbonyl (C=O) groups is 1. The van der Waals surface area contributed by atoms with Crippen molar-refractivity contribution in [2.24, 2.45) is 0 Å². The molecule has 0 saturated carbocycles. The van der Waals surface area contributed by atoms with Crippen LogP contribution in [0.25, 0.3) is 0 Å². The van der Waals surface area contributed by atoms with Crippen molar-refractivity contribution >= 4 is 5.91 Å². The van der Waals surface area contributed by atoms with E-state index in [-0.39, 0.29) is 17.8 Å². The van der Waals surface area contributed by atoms with Crippen LogP contribution in [0.5, 0.6) is 11.5 Å². The van der Waals surface area contributed by atoms with Crippen molar-refractivity contribution in [2.45, 2.75) is 44.2 Å². The van der Waals surface area contributed by atoms with Gasteiger partial charge in [0, 0.05) is 50.2 Å². The number of ether oxygens (including phenoxy) is 2. The normalized spacial score (nSPS) is 19.0. The topological polar surface area (TPSA) is 54.9 Å². The minimum absolute atomic E-state index is 0.161. The number of carbonyl (C=O) groups excluding carboxylic acids is 1. The number of hydrogen-bond acceptors (Lipinski definition) is 5. The van der Waals surface area contributed by atoms with Crippen LogP contribution in [0.15, 0.2) is 48.8 Å². The summed E-state index contributed by atoms with van der Waals surface area (Å²) in [5.41, 5.74) is 0.368. The first-order valence-corrected chi connectivity index (χ1v) is 10.8. The quantitative estimate of drug-likeness (QED) is 0.687. The van der Waals surface area contributed by atoms with Gasteiger partial charge in [0.1, 0.15) is 17.6 Å². The zero-order valence-electron chi connectivity index (χ0n) is 17.6. The van der Waals surface area contributed by atoms with Gasteiger partial charge in [-0.2, -0.15) is 0 Å². The second kappa shape index (κ2) is 9.77. The number of pyridine rings is 1. The Kier molecular flexibility index (Phi) is 6.83. The van der Waals surface area contributed by atoms with Gasteiger partial charge >= 0.3 is 6.36 Å². The van der Waals surface area contributed by atoms with Crippen LogP contribution in [-0.4, -0.2) is 65.4 Å². The van der Waals surface area contributed by atoms with Gasteiger partial charge in [0.2, 0.25) is 0 Å². The molecule has 2 fully saturated rings. The molecule has 6 nitrogen and oxygen atoms in total. The molecule has 0 bridgehead atoms. The fourth-order valence-corrected chi connectivity index (χ4v) is 4.38. The number of rotatable bonds is 5. The maximum atomic E-state index is 12.7. The van der Waals surface area contributed by atoms with Crippen molar-refractivity contribution in [3.8, 4) is 11.5 Å². The zero-order valence-corrected chi connectivity index (χ0v) is 17.6. The van der Waals surface area contributed by atoms with E-state index in [1.165, 1.54) is 24.3 Å². The van der Waals surface area contributed by atoms with Crippen LogP contribution in [0.4, 0.5) is 13.2 Å². The monoisotopic (exact) mass is 449 g/mol. The van der Waals surface area contributed by atoms with Crippen molar-refractivity contribution in [2.75, 3.05) is 26.2 Å². The molecule has 1 amide bonds. The first-order valence-electron chi connectivity index (χ1n) is 10.8. The molecule has 2 aromatic rings. The van der Waals surface area contributed by atoms with E-state index in [0.717, 1.165) is 44.5 Å². The molecule has 0 unspecified atom stereocenters. The largest absolute Gasteiger partial charge is 0.573 e. The Morgan fingerprint density at radius 1 is 0.875 bits per heavy atom. The lowest BCUT2D eigenvalue weighted by atomic mass is 9.98. The number of benzene rings is 1. The summed E-state index contributed by atoms with van der Waals surface area (Å²) in [5, 5.41) is 0. The van der Waals surface area contributed by atoms with E-state index in [0.29, 0.717) is 24.7 Å². The number of likely N-dealkylation sites (tertiary alicyclic amines) is 2. The molecule has 1 aromatic heterocycles. The Bertz CT molecular complexity index is 877. The van der Waals surface area contributed by atoms with Crippen molar-refractivity contribution < 1.29 is 27.4 Å². The Morgan fingerprint density at radius 2 is 1.50 bits per heavy atom. The highest BCUT2D eigenvalue weighted by atomic mass is 19.4. The van der Waals surface area contributed by atoms with Crippen LogP contribution in [0.3, 0.4) is 0 Å². The maximum Gasteiger partial charge on any atom is 0.573 e. The number of halogens is 3. The molecule has 0 spiro atoms. The van der Waals surface area contributed by atoms with Gasteiger partial charge in [0.15, 0.2) is 0 Å². The highest BCUT2D eigenvalue weighted by Crippen LogP contribution is 2.26. The van der Waals surface area contributed by atoms with Crippen LogP contribution in [0.2, 0.25) is 0 Å². The number of piperidine rings is 2. The summed E-state index contributed by atoms with van der Waals surface area (Å²) in [4.78, 5) is 21.0. The molecule has 9 heteroatoms. The fourth-order valence-electron chi connectivity index (χ4n) is 4.38. The molecule has 4 rings (SSSR count). The third kappa shape index (κ3) is 5.91. The predicted molar refractivity (Wildman–Crippen MR) is 112 cm³/mol. The highest BCUT2D eigenvalue weighted by Gasteiger charge is 2.32. The smallest absolute Gasteiger partial charge is 0.490 e. The predicted octanol–water partition coefficient (Wildman–Crippen LogP) is 4.13. The molecule has 172 valence electrons. The van der Waals surface area contributed by atoms with E-state index in [9.17, 15) is 18.0 Å². The number of hydrogen-bond donors (Lipinski definition) is 0. The third-order valence-corrected chi connectivity index (χ3v) is 6.03. The molecule has 2 aliphatic rings. The molecule has 0 radical (unpaired) electrons. The average Bonchev–Trinajstić information content (AvgIpc) is 2.79. The highest BCUT2D eigenvalue weighted by molar-refractivity contribution is 5.94. The molecule has 2 aliphatic heterocycles. The van der Waals surface area contributed by atoms with Crippen molar-refractivity contribution in [3.05, 3.63) is 54.4 Å². The van der Waals surface area contributed by atoms with Crippen LogP contribution in [0, 0.1) is 0 Å². The van der Waals surface area contributed by atoms with E-state index < -0.39 is 6.36 Å². The summed E-state index contributed by atoms with van der Waals surface area (Å²) < 4.78 is 46.8. The second-order valence-corrected chi connectivity index (χ2v) is 8.13. The van der Waals surface area contributed by atoms with E-state index in [1.807, 2.05) is 12.1 Å². The standard InChI is InChI=1S/C23H26F3N3O3/c24-23(25,26)32-21-3-1-17(2-4-21)22(30)29-13-7-18(8-14-29)28-15-9-20(10-16-28)31-19-5-11-27-12-6-19/h1-6,11-12,18,20H,7-10,13-16H2. The second-order valence-electron chi connectivity index (χ2n) is 8.13. The lowest BCUT2D eigenvalue weighted by molar-refractivity contribution is -0.274. The van der Waals surface area contributed by atoms with E-state index in [4.69, 9.17) is 4.74 Å². The lowest BCUT2D eigenvalue weighted by Gasteiger charge is -2.41. The molecule has 32 heavy (non-hydrogen) atoms. The van der Waals surface area contributed by atoms with E-state index in [1.54, 1.807) is 17.3 Å². The summed E-state index contributed by atoms with van der Waals surface area (Å²) in [7, 11) is 0. The molecule has 2 saturated heterocycles.